The van der Waals surface area contributed by atoms with E-state index in [0.717, 1.165) is 35.3 Å². The standard InChI is InChI=1S/C18H29N3O4S/c1-15-8-10-20(11-9-15)17-6-4-16(5-7-17)19-18(22)14-21(12-13-25-2)26(3,23)24/h4-7,15H,8-14H2,1-3H3,(H,19,22). The van der Waals surface area contributed by atoms with Crippen molar-refractivity contribution in [2.75, 3.05) is 56.4 Å². The van der Waals surface area contributed by atoms with Crippen LogP contribution in [0.2, 0.25) is 0 Å². The molecule has 0 spiro atoms. The van der Waals surface area contributed by atoms with Gasteiger partial charge in [-0.05, 0) is 43.0 Å². The van der Waals surface area contributed by atoms with Crippen molar-refractivity contribution in [3.05, 3.63) is 24.3 Å². The summed E-state index contributed by atoms with van der Waals surface area (Å²) in [5, 5.41) is 2.75. The molecule has 1 N–H and O–H groups in total. The number of nitrogens with zero attached hydrogens (tertiary/aromatic N) is 2. The molecule has 8 heteroatoms. The van der Waals surface area contributed by atoms with Gasteiger partial charge in [0.15, 0.2) is 0 Å². The lowest BCUT2D eigenvalue weighted by atomic mass is 9.99. The first-order valence-corrected chi connectivity index (χ1v) is 10.7. The van der Waals surface area contributed by atoms with Crippen LogP contribution in [0.15, 0.2) is 24.3 Å². The molecule has 2 rings (SSSR count). The van der Waals surface area contributed by atoms with Crippen LogP contribution < -0.4 is 10.2 Å². The van der Waals surface area contributed by atoms with E-state index in [-0.39, 0.29) is 25.6 Å². The summed E-state index contributed by atoms with van der Waals surface area (Å²) in [4.78, 5) is 14.5. The number of hydrogen-bond donors (Lipinski definition) is 1. The van der Waals surface area contributed by atoms with Crippen molar-refractivity contribution >= 4 is 27.3 Å². The Bertz CT molecular complexity index is 683. The Balaban J connectivity index is 1.92. The quantitative estimate of drug-likeness (QED) is 0.740. The minimum Gasteiger partial charge on any atom is -0.383 e. The third kappa shape index (κ3) is 6.26. The van der Waals surface area contributed by atoms with E-state index in [9.17, 15) is 13.2 Å². The van der Waals surface area contributed by atoms with E-state index in [1.165, 1.54) is 20.0 Å². The number of benzene rings is 1. The van der Waals surface area contributed by atoms with Crippen LogP contribution in [0.4, 0.5) is 11.4 Å². The monoisotopic (exact) mass is 383 g/mol. The maximum Gasteiger partial charge on any atom is 0.239 e. The molecule has 0 unspecified atom stereocenters. The van der Waals surface area contributed by atoms with Crippen molar-refractivity contribution in [3.8, 4) is 0 Å². The molecule has 1 aliphatic heterocycles. The maximum absolute atomic E-state index is 12.2. The second kappa shape index (κ2) is 9.34. The normalized spacial score (nSPS) is 16.1. The zero-order valence-electron chi connectivity index (χ0n) is 15.8. The highest BCUT2D eigenvalue weighted by molar-refractivity contribution is 7.88. The summed E-state index contributed by atoms with van der Waals surface area (Å²) in [6, 6.07) is 7.69. The molecular formula is C18H29N3O4S. The molecule has 0 saturated carbocycles. The van der Waals surface area contributed by atoms with Gasteiger partial charge in [0, 0.05) is 38.1 Å². The van der Waals surface area contributed by atoms with Gasteiger partial charge in [-0.25, -0.2) is 8.42 Å². The van der Waals surface area contributed by atoms with Gasteiger partial charge in [0.05, 0.1) is 19.4 Å². The Morgan fingerprint density at radius 1 is 1.27 bits per heavy atom. The van der Waals surface area contributed by atoms with Gasteiger partial charge in [0.25, 0.3) is 0 Å². The fourth-order valence-electron chi connectivity index (χ4n) is 2.94. The van der Waals surface area contributed by atoms with Gasteiger partial charge in [-0.3, -0.25) is 4.79 Å². The SMILES string of the molecule is COCCN(CC(=O)Nc1ccc(N2CCC(C)CC2)cc1)S(C)(=O)=O. The lowest BCUT2D eigenvalue weighted by Crippen LogP contribution is -2.39. The van der Waals surface area contributed by atoms with Crippen molar-refractivity contribution in [2.45, 2.75) is 19.8 Å². The van der Waals surface area contributed by atoms with E-state index in [0.29, 0.717) is 5.69 Å². The number of carbonyl (C=O) groups is 1. The Kier molecular flexibility index (Phi) is 7.43. The summed E-state index contributed by atoms with van der Waals surface area (Å²) in [6.07, 6.45) is 3.48. The molecule has 1 aliphatic rings. The van der Waals surface area contributed by atoms with Crippen LogP contribution in [0.1, 0.15) is 19.8 Å². The van der Waals surface area contributed by atoms with Crippen molar-refractivity contribution in [1.82, 2.24) is 4.31 Å². The van der Waals surface area contributed by atoms with Crippen molar-refractivity contribution in [3.63, 3.8) is 0 Å². The second-order valence-corrected chi connectivity index (χ2v) is 8.84. The molecule has 1 aromatic rings. The average Bonchev–Trinajstić information content (AvgIpc) is 2.59. The smallest absolute Gasteiger partial charge is 0.239 e. The summed E-state index contributed by atoms with van der Waals surface area (Å²) in [5.41, 5.74) is 1.80. The van der Waals surface area contributed by atoms with Crippen molar-refractivity contribution < 1.29 is 17.9 Å². The number of piperidine rings is 1. The first-order valence-electron chi connectivity index (χ1n) is 8.88. The number of sulfonamides is 1. The van der Waals surface area contributed by atoms with E-state index in [4.69, 9.17) is 4.74 Å². The van der Waals surface area contributed by atoms with Crippen LogP contribution in [0, 0.1) is 5.92 Å². The van der Waals surface area contributed by atoms with Crippen LogP contribution in [0.5, 0.6) is 0 Å². The molecule has 0 atom stereocenters. The summed E-state index contributed by atoms with van der Waals surface area (Å²) < 4.78 is 29.5. The molecule has 1 fully saturated rings. The van der Waals surface area contributed by atoms with Crippen LogP contribution in [-0.2, 0) is 19.6 Å². The first kappa shape index (κ1) is 20.7. The molecule has 0 aromatic heterocycles. The van der Waals surface area contributed by atoms with E-state index >= 15 is 0 Å². The van der Waals surface area contributed by atoms with Crippen molar-refractivity contribution in [2.24, 2.45) is 5.92 Å². The van der Waals surface area contributed by atoms with Crippen LogP contribution in [0.25, 0.3) is 0 Å². The number of rotatable bonds is 8. The molecule has 146 valence electrons. The van der Waals surface area contributed by atoms with Crippen LogP contribution in [-0.4, -0.2) is 64.8 Å². The predicted octanol–water partition coefficient (Wildman–Crippen LogP) is 1.77. The highest BCUT2D eigenvalue weighted by Gasteiger charge is 2.20. The predicted molar refractivity (Wildman–Crippen MR) is 104 cm³/mol. The molecule has 1 heterocycles. The second-order valence-electron chi connectivity index (χ2n) is 6.85. The highest BCUT2D eigenvalue weighted by atomic mass is 32.2. The molecule has 1 amide bonds. The number of carbonyl (C=O) groups excluding carboxylic acids is 1. The minimum absolute atomic E-state index is 0.148. The minimum atomic E-state index is -3.46. The number of hydrogen-bond acceptors (Lipinski definition) is 5. The Morgan fingerprint density at radius 3 is 2.42 bits per heavy atom. The number of nitrogens with one attached hydrogen (secondary N) is 1. The number of anilines is 2. The summed E-state index contributed by atoms with van der Waals surface area (Å²) >= 11 is 0. The van der Waals surface area contributed by atoms with Gasteiger partial charge in [0.2, 0.25) is 15.9 Å². The summed E-state index contributed by atoms with van der Waals surface area (Å²) in [6.45, 7) is 4.54. The maximum atomic E-state index is 12.2. The van der Waals surface area contributed by atoms with Gasteiger partial charge in [-0.1, -0.05) is 6.92 Å². The van der Waals surface area contributed by atoms with Gasteiger partial charge in [0.1, 0.15) is 0 Å². The Morgan fingerprint density at radius 2 is 1.88 bits per heavy atom. The topological polar surface area (TPSA) is 79.0 Å². The number of amides is 1. The van der Waals surface area contributed by atoms with Crippen LogP contribution in [0.3, 0.4) is 0 Å². The lowest BCUT2D eigenvalue weighted by Gasteiger charge is -2.32. The van der Waals surface area contributed by atoms with Crippen LogP contribution >= 0.6 is 0 Å². The number of methoxy groups -OCH3 is 1. The molecule has 1 saturated heterocycles. The molecule has 0 radical (unpaired) electrons. The largest absolute Gasteiger partial charge is 0.383 e. The lowest BCUT2D eigenvalue weighted by molar-refractivity contribution is -0.116. The van der Waals surface area contributed by atoms with E-state index in [1.54, 1.807) is 0 Å². The Labute approximate surface area is 156 Å². The zero-order valence-corrected chi connectivity index (χ0v) is 16.6. The summed E-state index contributed by atoms with van der Waals surface area (Å²) in [7, 11) is -1.97. The average molecular weight is 384 g/mol. The molecular weight excluding hydrogens is 354 g/mol. The molecule has 0 aliphatic carbocycles. The molecule has 0 bridgehead atoms. The van der Waals surface area contributed by atoms with Gasteiger partial charge < -0.3 is 15.0 Å². The van der Waals surface area contributed by atoms with Gasteiger partial charge in [-0.2, -0.15) is 4.31 Å². The fraction of sp³-hybridized carbons (Fsp3) is 0.611. The van der Waals surface area contributed by atoms with Gasteiger partial charge >= 0.3 is 0 Å². The molecule has 7 nitrogen and oxygen atoms in total. The third-order valence-electron chi connectivity index (χ3n) is 4.63. The fourth-order valence-corrected chi connectivity index (χ4v) is 3.70. The molecule has 26 heavy (non-hydrogen) atoms. The van der Waals surface area contributed by atoms with Gasteiger partial charge in [-0.15, -0.1) is 0 Å². The third-order valence-corrected chi connectivity index (χ3v) is 5.88. The first-order chi connectivity index (χ1) is 12.3. The highest BCUT2D eigenvalue weighted by Crippen LogP contribution is 2.24. The van der Waals surface area contributed by atoms with E-state index in [1.807, 2.05) is 24.3 Å². The van der Waals surface area contributed by atoms with E-state index < -0.39 is 10.0 Å². The van der Waals surface area contributed by atoms with Crippen molar-refractivity contribution in [1.29, 1.82) is 0 Å². The van der Waals surface area contributed by atoms with E-state index in [2.05, 4.69) is 17.1 Å². The zero-order chi connectivity index (χ0) is 19.2. The summed E-state index contributed by atoms with van der Waals surface area (Å²) in [5.74, 6) is 0.409. The molecule has 1 aromatic carbocycles. The number of ether oxygens (including phenoxy) is 1. The Hall–Kier alpha value is -1.64.